The Labute approximate surface area is 88.4 Å². The van der Waals surface area contributed by atoms with E-state index in [-0.39, 0.29) is 5.60 Å². The van der Waals surface area contributed by atoms with Crippen molar-refractivity contribution in [3.8, 4) is 0 Å². The molecule has 2 heteroatoms. The third kappa shape index (κ3) is 5.61. The fourth-order valence-corrected chi connectivity index (χ4v) is 1.61. The lowest BCUT2D eigenvalue weighted by Gasteiger charge is -2.25. The zero-order valence-corrected chi connectivity index (χ0v) is 10.1. The molecule has 1 aliphatic carbocycles. The number of nitrogens with one attached hydrogen (secondary N) is 1. The molecule has 0 bridgehead atoms. The van der Waals surface area contributed by atoms with Gasteiger partial charge in [0.2, 0.25) is 0 Å². The van der Waals surface area contributed by atoms with Crippen LogP contribution in [0.4, 0.5) is 0 Å². The number of rotatable bonds is 6. The summed E-state index contributed by atoms with van der Waals surface area (Å²) in [6.45, 7) is 10.4. The highest BCUT2D eigenvalue weighted by molar-refractivity contribution is 4.80. The van der Waals surface area contributed by atoms with Gasteiger partial charge in [-0.2, -0.15) is 0 Å². The zero-order chi connectivity index (χ0) is 10.6. The lowest BCUT2D eigenvalue weighted by atomic mass is 10.1. The van der Waals surface area contributed by atoms with Gasteiger partial charge in [-0.05, 0) is 39.7 Å². The Hall–Kier alpha value is -0.0800. The molecule has 14 heavy (non-hydrogen) atoms. The van der Waals surface area contributed by atoms with Gasteiger partial charge < -0.3 is 10.1 Å². The third-order valence-corrected chi connectivity index (χ3v) is 2.53. The van der Waals surface area contributed by atoms with Crippen molar-refractivity contribution in [2.24, 2.45) is 5.92 Å². The Morgan fingerprint density at radius 1 is 1.36 bits per heavy atom. The molecule has 1 fully saturated rings. The van der Waals surface area contributed by atoms with Crippen molar-refractivity contribution >= 4 is 0 Å². The van der Waals surface area contributed by atoms with E-state index in [1.54, 1.807) is 0 Å². The van der Waals surface area contributed by atoms with E-state index in [9.17, 15) is 0 Å². The average Bonchev–Trinajstić information content (AvgIpc) is 2.83. The zero-order valence-electron chi connectivity index (χ0n) is 10.1. The molecule has 1 saturated carbocycles. The number of hydrogen-bond acceptors (Lipinski definition) is 2. The van der Waals surface area contributed by atoms with Gasteiger partial charge in [-0.3, -0.25) is 0 Å². The van der Waals surface area contributed by atoms with E-state index in [0.717, 1.165) is 19.1 Å². The minimum Gasteiger partial charge on any atom is -0.374 e. The van der Waals surface area contributed by atoms with E-state index < -0.39 is 0 Å². The maximum absolute atomic E-state index is 5.81. The number of likely N-dealkylation sites (N-methyl/N-ethyl adjacent to an activating group) is 1. The van der Waals surface area contributed by atoms with Gasteiger partial charge in [0.25, 0.3) is 0 Å². The van der Waals surface area contributed by atoms with Crippen LogP contribution < -0.4 is 5.32 Å². The highest BCUT2D eigenvalue weighted by Gasteiger charge is 2.26. The second-order valence-electron chi connectivity index (χ2n) is 5.36. The first kappa shape index (κ1) is 12.0. The molecule has 2 nitrogen and oxygen atoms in total. The number of hydrogen-bond donors (Lipinski definition) is 1. The quantitative estimate of drug-likeness (QED) is 0.710. The van der Waals surface area contributed by atoms with Gasteiger partial charge in [-0.1, -0.05) is 19.8 Å². The predicted molar refractivity (Wildman–Crippen MR) is 60.5 cm³/mol. The molecule has 84 valence electrons. The first-order chi connectivity index (χ1) is 6.51. The summed E-state index contributed by atoms with van der Waals surface area (Å²) < 4.78 is 5.81. The smallest absolute Gasteiger partial charge is 0.0626 e. The second kappa shape index (κ2) is 5.13. The van der Waals surface area contributed by atoms with E-state index in [0.29, 0.717) is 6.04 Å². The third-order valence-electron chi connectivity index (χ3n) is 2.53. The van der Waals surface area contributed by atoms with Gasteiger partial charge in [-0.15, -0.1) is 0 Å². The van der Waals surface area contributed by atoms with Crippen LogP contribution in [-0.4, -0.2) is 24.8 Å². The molecule has 0 aromatic carbocycles. The van der Waals surface area contributed by atoms with Crippen molar-refractivity contribution < 1.29 is 4.74 Å². The summed E-state index contributed by atoms with van der Waals surface area (Å²) in [5, 5.41) is 3.50. The summed E-state index contributed by atoms with van der Waals surface area (Å²) in [4.78, 5) is 0. The molecule has 0 saturated heterocycles. The molecule has 0 aromatic rings. The maximum atomic E-state index is 5.81. The molecule has 0 aliphatic heterocycles. The van der Waals surface area contributed by atoms with Gasteiger partial charge in [0.1, 0.15) is 0 Å². The standard InChI is InChI=1S/C12H25NO/c1-5-13-11(8-10-6-7-10)9-14-12(2,3)4/h10-11,13H,5-9H2,1-4H3. The van der Waals surface area contributed by atoms with Crippen molar-refractivity contribution in [3.05, 3.63) is 0 Å². The largest absolute Gasteiger partial charge is 0.374 e. The Morgan fingerprint density at radius 3 is 2.43 bits per heavy atom. The van der Waals surface area contributed by atoms with Gasteiger partial charge in [-0.25, -0.2) is 0 Å². The molecular weight excluding hydrogens is 174 g/mol. The van der Waals surface area contributed by atoms with Crippen molar-refractivity contribution in [2.75, 3.05) is 13.2 Å². The topological polar surface area (TPSA) is 21.3 Å². The van der Waals surface area contributed by atoms with Crippen molar-refractivity contribution in [1.29, 1.82) is 0 Å². The molecule has 0 amide bonds. The number of ether oxygens (including phenoxy) is 1. The molecular formula is C12H25NO. The van der Waals surface area contributed by atoms with Crippen molar-refractivity contribution in [1.82, 2.24) is 5.32 Å². The van der Waals surface area contributed by atoms with Crippen LogP contribution in [0.5, 0.6) is 0 Å². The van der Waals surface area contributed by atoms with Crippen LogP contribution in [-0.2, 0) is 4.74 Å². The summed E-state index contributed by atoms with van der Waals surface area (Å²) >= 11 is 0. The fraction of sp³-hybridized carbons (Fsp3) is 1.00. The van der Waals surface area contributed by atoms with E-state index in [1.807, 2.05) is 0 Å². The Morgan fingerprint density at radius 2 is 2.00 bits per heavy atom. The van der Waals surface area contributed by atoms with Crippen LogP contribution in [0.15, 0.2) is 0 Å². The molecule has 1 N–H and O–H groups in total. The Bertz CT molecular complexity index is 158. The molecule has 1 aliphatic rings. The molecule has 0 spiro atoms. The van der Waals surface area contributed by atoms with E-state index in [2.05, 4.69) is 33.0 Å². The first-order valence-electron chi connectivity index (χ1n) is 5.88. The fourth-order valence-electron chi connectivity index (χ4n) is 1.61. The minimum absolute atomic E-state index is 0.00276. The van der Waals surface area contributed by atoms with Crippen LogP contribution in [0.3, 0.4) is 0 Å². The molecule has 1 rings (SSSR count). The van der Waals surface area contributed by atoms with E-state index in [1.165, 1.54) is 19.3 Å². The van der Waals surface area contributed by atoms with Gasteiger partial charge >= 0.3 is 0 Å². The molecule has 0 aromatic heterocycles. The molecule has 0 radical (unpaired) electrons. The summed E-state index contributed by atoms with van der Waals surface area (Å²) in [6.07, 6.45) is 4.15. The van der Waals surface area contributed by atoms with Crippen LogP contribution in [0.2, 0.25) is 0 Å². The molecule has 1 unspecified atom stereocenters. The van der Waals surface area contributed by atoms with Crippen molar-refractivity contribution in [2.45, 2.75) is 58.6 Å². The van der Waals surface area contributed by atoms with E-state index >= 15 is 0 Å². The highest BCUT2D eigenvalue weighted by atomic mass is 16.5. The first-order valence-corrected chi connectivity index (χ1v) is 5.88. The van der Waals surface area contributed by atoms with Crippen LogP contribution in [0.1, 0.15) is 47.0 Å². The summed E-state index contributed by atoms with van der Waals surface area (Å²) in [5.41, 5.74) is -0.00276. The Balaban J connectivity index is 2.19. The highest BCUT2D eigenvalue weighted by Crippen LogP contribution is 2.33. The monoisotopic (exact) mass is 199 g/mol. The second-order valence-corrected chi connectivity index (χ2v) is 5.36. The lowest BCUT2D eigenvalue weighted by molar-refractivity contribution is -0.0158. The van der Waals surface area contributed by atoms with Gasteiger partial charge in [0.15, 0.2) is 0 Å². The summed E-state index contributed by atoms with van der Waals surface area (Å²) in [7, 11) is 0. The summed E-state index contributed by atoms with van der Waals surface area (Å²) in [5.74, 6) is 0.975. The summed E-state index contributed by atoms with van der Waals surface area (Å²) in [6, 6.07) is 0.562. The SMILES string of the molecule is CCNC(COC(C)(C)C)CC1CC1. The van der Waals surface area contributed by atoms with Crippen LogP contribution in [0.25, 0.3) is 0 Å². The lowest BCUT2D eigenvalue weighted by Crippen LogP contribution is -2.36. The van der Waals surface area contributed by atoms with Crippen LogP contribution in [0, 0.1) is 5.92 Å². The maximum Gasteiger partial charge on any atom is 0.0626 e. The average molecular weight is 199 g/mol. The predicted octanol–water partition coefficient (Wildman–Crippen LogP) is 2.58. The molecule has 1 atom stereocenters. The van der Waals surface area contributed by atoms with Crippen molar-refractivity contribution in [3.63, 3.8) is 0 Å². The van der Waals surface area contributed by atoms with E-state index in [4.69, 9.17) is 4.74 Å². The molecule has 0 heterocycles. The normalized spacial score (nSPS) is 19.7. The Kier molecular flexibility index (Phi) is 4.39. The van der Waals surface area contributed by atoms with Crippen LogP contribution >= 0.6 is 0 Å². The minimum atomic E-state index is -0.00276. The van der Waals surface area contributed by atoms with Gasteiger partial charge in [0.05, 0.1) is 12.2 Å². The van der Waals surface area contributed by atoms with Gasteiger partial charge in [0, 0.05) is 6.04 Å².